The largest absolute Gasteiger partial charge is 0.339 e. The molecule has 3 heterocycles. The third-order valence-electron chi connectivity index (χ3n) is 4.22. The first-order chi connectivity index (χ1) is 10.5. The zero-order valence-electron chi connectivity index (χ0n) is 12.8. The minimum atomic E-state index is -2.76. The number of halogens is 3. The number of piperazine rings is 1. The standard InChI is InChI=1S/C15H20F2N4O.ClH/c16-15(17)8-13(19-11-15)14(22)21-6-4-20(5-7-21)10-12-2-1-3-18-9-12;/h1-3,9,13,19H,4-8,10-11H2;1H. The predicted octanol–water partition coefficient (Wildman–Crippen LogP) is 1.14. The van der Waals surface area contributed by atoms with E-state index >= 15 is 0 Å². The Bertz CT molecular complexity index is 523. The molecule has 1 aromatic rings. The number of carbonyl (C=O) groups excluding carboxylic acids is 1. The lowest BCUT2D eigenvalue weighted by atomic mass is 10.1. The highest BCUT2D eigenvalue weighted by Crippen LogP contribution is 2.26. The maximum atomic E-state index is 13.2. The summed E-state index contributed by atoms with van der Waals surface area (Å²) >= 11 is 0. The monoisotopic (exact) mass is 346 g/mol. The van der Waals surface area contributed by atoms with Gasteiger partial charge in [0.15, 0.2) is 0 Å². The van der Waals surface area contributed by atoms with Crippen LogP contribution in [0, 0.1) is 0 Å². The molecule has 8 heteroatoms. The summed E-state index contributed by atoms with van der Waals surface area (Å²) in [6.07, 6.45) is 3.19. The number of pyridine rings is 1. The van der Waals surface area contributed by atoms with Crippen molar-refractivity contribution in [2.24, 2.45) is 0 Å². The zero-order chi connectivity index (χ0) is 15.6. The number of carbonyl (C=O) groups is 1. The molecule has 1 unspecified atom stereocenters. The summed E-state index contributed by atoms with van der Waals surface area (Å²) in [5, 5.41) is 2.63. The van der Waals surface area contributed by atoms with Crippen LogP contribution >= 0.6 is 12.4 Å². The molecule has 2 aliphatic rings. The van der Waals surface area contributed by atoms with Gasteiger partial charge in [-0.3, -0.25) is 20.0 Å². The average molecular weight is 347 g/mol. The molecule has 5 nitrogen and oxygen atoms in total. The van der Waals surface area contributed by atoms with Crippen LogP contribution in [-0.4, -0.2) is 65.4 Å². The van der Waals surface area contributed by atoms with Gasteiger partial charge < -0.3 is 4.90 Å². The second-order valence-corrected chi connectivity index (χ2v) is 5.96. The molecule has 128 valence electrons. The van der Waals surface area contributed by atoms with E-state index in [0.717, 1.165) is 25.2 Å². The van der Waals surface area contributed by atoms with Crippen LogP contribution < -0.4 is 5.32 Å². The number of rotatable bonds is 3. The molecule has 2 saturated heterocycles. The third-order valence-corrected chi connectivity index (χ3v) is 4.22. The Morgan fingerprint density at radius 1 is 1.35 bits per heavy atom. The summed E-state index contributed by atoms with van der Waals surface area (Å²) in [4.78, 5) is 20.3. The highest BCUT2D eigenvalue weighted by atomic mass is 35.5. The Morgan fingerprint density at radius 2 is 2.09 bits per heavy atom. The van der Waals surface area contributed by atoms with E-state index in [0.29, 0.717) is 13.1 Å². The lowest BCUT2D eigenvalue weighted by molar-refractivity contribution is -0.135. The molecule has 0 radical (unpaired) electrons. The van der Waals surface area contributed by atoms with Crippen LogP contribution in [0.4, 0.5) is 8.78 Å². The third kappa shape index (κ3) is 4.59. The topological polar surface area (TPSA) is 48.5 Å². The molecule has 2 aliphatic heterocycles. The highest BCUT2D eigenvalue weighted by Gasteiger charge is 2.43. The van der Waals surface area contributed by atoms with Crippen molar-refractivity contribution in [2.75, 3.05) is 32.7 Å². The molecular formula is C15H21ClF2N4O. The van der Waals surface area contributed by atoms with Crippen molar-refractivity contribution in [3.8, 4) is 0 Å². The van der Waals surface area contributed by atoms with E-state index < -0.39 is 18.5 Å². The van der Waals surface area contributed by atoms with Crippen molar-refractivity contribution in [1.29, 1.82) is 0 Å². The predicted molar refractivity (Wildman–Crippen MR) is 84.7 cm³/mol. The maximum absolute atomic E-state index is 13.2. The van der Waals surface area contributed by atoms with Gasteiger partial charge in [0.05, 0.1) is 12.6 Å². The van der Waals surface area contributed by atoms with Crippen LogP contribution in [0.25, 0.3) is 0 Å². The minimum absolute atomic E-state index is 0. The van der Waals surface area contributed by atoms with Gasteiger partial charge in [-0.1, -0.05) is 6.07 Å². The van der Waals surface area contributed by atoms with Crippen molar-refractivity contribution in [1.82, 2.24) is 20.1 Å². The van der Waals surface area contributed by atoms with Crippen LogP contribution in [0.15, 0.2) is 24.5 Å². The summed E-state index contributed by atoms with van der Waals surface area (Å²) in [5.41, 5.74) is 1.14. The number of nitrogens with one attached hydrogen (secondary N) is 1. The van der Waals surface area contributed by atoms with Crippen LogP contribution in [0.5, 0.6) is 0 Å². The van der Waals surface area contributed by atoms with Gasteiger partial charge in [0.2, 0.25) is 5.91 Å². The first-order valence-electron chi connectivity index (χ1n) is 7.55. The van der Waals surface area contributed by atoms with Crippen LogP contribution in [0.1, 0.15) is 12.0 Å². The minimum Gasteiger partial charge on any atom is -0.339 e. The quantitative estimate of drug-likeness (QED) is 0.892. The van der Waals surface area contributed by atoms with E-state index in [1.165, 1.54) is 0 Å². The number of hydrogen-bond donors (Lipinski definition) is 1. The van der Waals surface area contributed by atoms with E-state index in [1.54, 1.807) is 11.1 Å². The van der Waals surface area contributed by atoms with E-state index in [2.05, 4.69) is 15.2 Å². The van der Waals surface area contributed by atoms with Crippen molar-refractivity contribution >= 4 is 18.3 Å². The fourth-order valence-electron chi connectivity index (χ4n) is 2.99. The van der Waals surface area contributed by atoms with Crippen molar-refractivity contribution in [3.63, 3.8) is 0 Å². The number of aromatic nitrogens is 1. The smallest absolute Gasteiger partial charge is 0.262 e. The van der Waals surface area contributed by atoms with Crippen LogP contribution in [0.2, 0.25) is 0 Å². The van der Waals surface area contributed by atoms with Gasteiger partial charge in [-0.15, -0.1) is 12.4 Å². The molecule has 0 saturated carbocycles. The lowest BCUT2D eigenvalue weighted by Gasteiger charge is -2.35. The molecule has 0 aromatic carbocycles. The molecule has 0 aliphatic carbocycles. The van der Waals surface area contributed by atoms with Crippen molar-refractivity contribution < 1.29 is 13.6 Å². The van der Waals surface area contributed by atoms with E-state index in [4.69, 9.17) is 0 Å². The van der Waals surface area contributed by atoms with E-state index in [9.17, 15) is 13.6 Å². The molecular weight excluding hydrogens is 326 g/mol. The van der Waals surface area contributed by atoms with Gasteiger partial charge >= 0.3 is 0 Å². The fraction of sp³-hybridized carbons (Fsp3) is 0.600. The van der Waals surface area contributed by atoms with E-state index in [-0.39, 0.29) is 24.7 Å². The summed E-state index contributed by atoms with van der Waals surface area (Å²) in [7, 11) is 0. The molecule has 2 fully saturated rings. The van der Waals surface area contributed by atoms with Gasteiger partial charge in [0.1, 0.15) is 0 Å². The maximum Gasteiger partial charge on any atom is 0.262 e. The summed E-state index contributed by atoms with van der Waals surface area (Å²) in [6, 6.07) is 3.19. The summed E-state index contributed by atoms with van der Waals surface area (Å²) < 4.78 is 26.4. The first-order valence-corrected chi connectivity index (χ1v) is 7.55. The van der Waals surface area contributed by atoms with Gasteiger partial charge in [0, 0.05) is 51.5 Å². The molecule has 23 heavy (non-hydrogen) atoms. The number of alkyl halides is 2. The Balaban J connectivity index is 0.00000192. The van der Waals surface area contributed by atoms with Crippen molar-refractivity contribution in [2.45, 2.75) is 24.9 Å². The molecule has 1 aromatic heterocycles. The number of hydrogen-bond acceptors (Lipinski definition) is 4. The van der Waals surface area contributed by atoms with Crippen LogP contribution in [-0.2, 0) is 11.3 Å². The Morgan fingerprint density at radius 3 is 2.65 bits per heavy atom. The molecule has 0 spiro atoms. The van der Waals surface area contributed by atoms with Gasteiger partial charge in [-0.05, 0) is 11.6 Å². The molecule has 0 bridgehead atoms. The molecule has 3 rings (SSSR count). The summed E-state index contributed by atoms with van der Waals surface area (Å²) in [5.74, 6) is -2.96. The zero-order valence-corrected chi connectivity index (χ0v) is 13.6. The Labute approximate surface area is 140 Å². The van der Waals surface area contributed by atoms with Crippen LogP contribution in [0.3, 0.4) is 0 Å². The first kappa shape index (κ1) is 18.0. The van der Waals surface area contributed by atoms with Gasteiger partial charge in [-0.2, -0.15) is 0 Å². The Hall–Kier alpha value is -1.31. The molecule has 1 N–H and O–H groups in total. The second kappa shape index (κ2) is 7.51. The second-order valence-electron chi connectivity index (χ2n) is 5.96. The van der Waals surface area contributed by atoms with Gasteiger partial charge in [-0.25, -0.2) is 8.78 Å². The Kier molecular flexibility index (Phi) is 5.89. The molecule has 1 amide bonds. The molecule has 1 atom stereocenters. The SMILES string of the molecule is Cl.O=C(C1CC(F)(F)CN1)N1CCN(Cc2cccnc2)CC1. The van der Waals surface area contributed by atoms with E-state index in [1.807, 2.05) is 18.3 Å². The average Bonchev–Trinajstić information content (AvgIpc) is 2.88. The fourth-order valence-corrected chi connectivity index (χ4v) is 2.99. The van der Waals surface area contributed by atoms with Crippen molar-refractivity contribution in [3.05, 3.63) is 30.1 Å². The number of nitrogens with zero attached hydrogens (tertiary/aromatic N) is 3. The highest BCUT2D eigenvalue weighted by molar-refractivity contribution is 5.85. The van der Waals surface area contributed by atoms with Gasteiger partial charge in [0.25, 0.3) is 5.92 Å². The normalized spacial score (nSPS) is 24.3. The lowest BCUT2D eigenvalue weighted by Crippen LogP contribution is -2.52. The number of amides is 1. The summed E-state index contributed by atoms with van der Waals surface area (Å²) in [6.45, 7) is 3.08.